The van der Waals surface area contributed by atoms with Crippen LogP contribution >= 0.6 is 0 Å². The van der Waals surface area contributed by atoms with Gasteiger partial charge in [0.25, 0.3) is 10.2 Å². The van der Waals surface area contributed by atoms with Crippen LogP contribution in [0.15, 0.2) is 24.3 Å². The first-order valence-corrected chi connectivity index (χ1v) is 7.59. The van der Waals surface area contributed by atoms with Crippen molar-refractivity contribution in [3.63, 3.8) is 0 Å². The van der Waals surface area contributed by atoms with Gasteiger partial charge in [-0.15, -0.1) is 0 Å². The van der Waals surface area contributed by atoms with Crippen LogP contribution < -0.4 is 4.72 Å². The molecule has 0 aliphatic heterocycles. The van der Waals surface area contributed by atoms with Crippen LogP contribution in [0, 0.1) is 0 Å². The molecule has 1 aromatic carbocycles. The second kappa shape index (κ2) is 7.21. The summed E-state index contributed by atoms with van der Waals surface area (Å²) in [4.78, 5) is 0. The van der Waals surface area contributed by atoms with E-state index < -0.39 is 21.9 Å². The van der Waals surface area contributed by atoms with E-state index in [0.29, 0.717) is 12.0 Å². The zero-order valence-electron chi connectivity index (χ0n) is 11.4. The Bertz CT molecular complexity index is 544. The maximum atomic E-state index is 12.4. The van der Waals surface area contributed by atoms with Gasteiger partial charge in [-0.3, -0.25) is 0 Å². The van der Waals surface area contributed by atoms with E-state index in [0.717, 1.165) is 16.4 Å². The summed E-state index contributed by atoms with van der Waals surface area (Å²) in [5.74, 6) is 0. The number of halogens is 3. The molecule has 0 unspecified atom stereocenters. The van der Waals surface area contributed by atoms with Crippen molar-refractivity contribution >= 4 is 10.2 Å². The molecule has 1 rings (SSSR count). The zero-order valence-corrected chi connectivity index (χ0v) is 12.2. The molecule has 0 saturated carbocycles. The molecule has 0 bridgehead atoms. The Morgan fingerprint density at radius 2 is 1.81 bits per heavy atom. The molecule has 0 amide bonds. The molecule has 0 fully saturated rings. The predicted octanol–water partition coefficient (Wildman–Crippen LogP) is 1.35. The van der Waals surface area contributed by atoms with Crippen LogP contribution in [0.5, 0.6) is 0 Å². The van der Waals surface area contributed by atoms with Crippen molar-refractivity contribution in [2.75, 3.05) is 20.2 Å². The summed E-state index contributed by atoms with van der Waals surface area (Å²) in [5.41, 5.74) is -0.365. The normalized spacial score (nSPS) is 12.9. The van der Waals surface area contributed by atoms with E-state index in [1.807, 2.05) is 0 Å². The van der Waals surface area contributed by atoms with Crippen LogP contribution in [0.1, 0.15) is 17.5 Å². The minimum Gasteiger partial charge on any atom is -0.396 e. The van der Waals surface area contributed by atoms with Gasteiger partial charge in [0.2, 0.25) is 0 Å². The van der Waals surface area contributed by atoms with Gasteiger partial charge in [-0.1, -0.05) is 12.1 Å². The lowest BCUT2D eigenvalue weighted by Gasteiger charge is -2.17. The summed E-state index contributed by atoms with van der Waals surface area (Å²) in [6, 6.07) is 4.25. The van der Waals surface area contributed by atoms with Gasteiger partial charge in [0.15, 0.2) is 0 Å². The fourth-order valence-corrected chi connectivity index (χ4v) is 2.45. The van der Waals surface area contributed by atoms with Crippen LogP contribution in [0.25, 0.3) is 0 Å². The number of benzene rings is 1. The van der Waals surface area contributed by atoms with Crippen molar-refractivity contribution < 1.29 is 26.7 Å². The number of nitrogens with zero attached hydrogens (tertiary/aromatic N) is 1. The quantitative estimate of drug-likeness (QED) is 0.795. The number of aliphatic hydroxyl groups is 1. The molecule has 0 aliphatic carbocycles. The highest BCUT2D eigenvalue weighted by Gasteiger charge is 2.29. The molecule has 5 nitrogen and oxygen atoms in total. The largest absolute Gasteiger partial charge is 0.416 e. The Balaban J connectivity index is 2.62. The molecule has 0 heterocycles. The Morgan fingerprint density at radius 1 is 1.24 bits per heavy atom. The van der Waals surface area contributed by atoms with Gasteiger partial charge in [0.05, 0.1) is 5.56 Å². The molecular weight excluding hydrogens is 309 g/mol. The van der Waals surface area contributed by atoms with Crippen LogP contribution in [-0.4, -0.2) is 38.0 Å². The third-order valence-electron chi connectivity index (χ3n) is 2.78. The monoisotopic (exact) mass is 326 g/mol. The number of alkyl halides is 3. The molecule has 0 spiro atoms. The molecule has 21 heavy (non-hydrogen) atoms. The number of nitrogens with one attached hydrogen (secondary N) is 1. The van der Waals surface area contributed by atoms with Gasteiger partial charge in [-0.25, -0.2) is 0 Å². The molecule has 0 atom stereocenters. The van der Waals surface area contributed by atoms with E-state index in [2.05, 4.69) is 4.72 Å². The van der Waals surface area contributed by atoms with Crippen molar-refractivity contribution in [3.8, 4) is 0 Å². The molecular formula is C12H17F3N2O3S. The Kier molecular flexibility index (Phi) is 6.14. The lowest BCUT2D eigenvalue weighted by atomic mass is 10.1. The van der Waals surface area contributed by atoms with Gasteiger partial charge in [0, 0.05) is 26.7 Å². The molecule has 120 valence electrons. The fourth-order valence-electron chi connectivity index (χ4n) is 1.51. The SMILES string of the molecule is CN(CCCO)S(=O)(=O)NCc1ccc(C(F)(F)F)cc1. The first kappa shape index (κ1) is 17.9. The Labute approximate surface area is 121 Å². The first-order valence-electron chi connectivity index (χ1n) is 6.15. The first-order chi connectivity index (χ1) is 9.66. The molecule has 0 aromatic heterocycles. The van der Waals surface area contributed by atoms with E-state index in [4.69, 9.17) is 5.11 Å². The number of hydrogen-bond donors (Lipinski definition) is 2. The van der Waals surface area contributed by atoms with E-state index in [9.17, 15) is 21.6 Å². The number of aliphatic hydroxyl groups excluding tert-OH is 1. The minimum absolute atomic E-state index is 0.107. The molecule has 0 saturated heterocycles. The lowest BCUT2D eigenvalue weighted by Crippen LogP contribution is -2.38. The predicted molar refractivity (Wildman–Crippen MR) is 71.5 cm³/mol. The molecule has 1 aromatic rings. The number of rotatable bonds is 7. The van der Waals surface area contributed by atoms with E-state index in [-0.39, 0.29) is 19.7 Å². The Morgan fingerprint density at radius 3 is 2.29 bits per heavy atom. The zero-order chi connectivity index (χ0) is 16.1. The van der Waals surface area contributed by atoms with Crippen molar-refractivity contribution in [1.29, 1.82) is 0 Å². The van der Waals surface area contributed by atoms with Crippen LogP contribution in [0.2, 0.25) is 0 Å². The summed E-state index contributed by atoms with van der Waals surface area (Å²) < 4.78 is 64.0. The highest BCUT2D eigenvalue weighted by molar-refractivity contribution is 7.87. The molecule has 2 N–H and O–H groups in total. The van der Waals surface area contributed by atoms with Crippen LogP contribution in [0.3, 0.4) is 0 Å². The topological polar surface area (TPSA) is 69.6 Å². The van der Waals surface area contributed by atoms with Crippen molar-refractivity contribution in [2.45, 2.75) is 19.1 Å². The Hall–Kier alpha value is -1.16. The maximum absolute atomic E-state index is 12.4. The van der Waals surface area contributed by atoms with Gasteiger partial charge in [-0.2, -0.15) is 30.6 Å². The van der Waals surface area contributed by atoms with E-state index >= 15 is 0 Å². The summed E-state index contributed by atoms with van der Waals surface area (Å²) in [7, 11) is -2.37. The van der Waals surface area contributed by atoms with Crippen LogP contribution in [0.4, 0.5) is 13.2 Å². The molecule has 9 heteroatoms. The van der Waals surface area contributed by atoms with Crippen molar-refractivity contribution in [3.05, 3.63) is 35.4 Å². The smallest absolute Gasteiger partial charge is 0.396 e. The second-order valence-corrected chi connectivity index (χ2v) is 6.28. The number of hydrogen-bond acceptors (Lipinski definition) is 3. The van der Waals surface area contributed by atoms with Gasteiger partial charge in [0.1, 0.15) is 0 Å². The third-order valence-corrected chi connectivity index (χ3v) is 4.29. The average Bonchev–Trinajstić information content (AvgIpc) is 2.42. The fraction of sp³-hybridized carbons (Fsp3) is 0.500. The summed E-state index contributed by atoms with van der Waals surface area (Å²) in [5, 5.41) is 8.65. The molecule has 0 aliphatic rings. The maximum Gasteiger partial charge on any atom is 0.416 e. The highest BCUT2D eigenvalue weighted by Crippen LogP contribution is 2.29. The van der Waals surface area contributed by atoms with E-state index in [1.165, 1.54) is 19.2 Å². The van der Waals surface area contributed by atoms with Gasteiger partial charge >= 0.3 is 6.18 Å². The lowest BCUT2D eigenvalue weighted by molar-refractivity contribution is -0.137. The molecule has 0 radical (unpaired) electrons. The third kappa shape index (κ3) is 5.62. The average molecular weight is 326 g/mol. The summed E-state index contributed by atoms with van der Waals surface area (Å²) in [6.45, 7) is -0.0818. The summed E-state index contributed by atoms with van der Waals surface area (Å²) in [6.07, 6.45) is -4.11. The van der Waals surface area contributed by atoms with Gasteiger partial charge in [-0.05, 0) is 24.1 Å². The summed E-state index contributed by atoms with van der Waals surface area (Å²) >= 11 is 0. The second-order valence-electron chi connectivity index (χ2n) is 4.42. The standard InChI is InChI=1S/C12H17F3N2O3S/c1-17(7-2-8-18)21(19,20)16-9-10-3-5-11(6-4-10)12(13,14)15/h3-6,16,18H,2,7-9H2,1H3. The van der Waals surface area contributed by atoms with Gasteiger partial charge < -0.3 is 5.11 Å². The highest BCUT2D eigenvalue weighted by atomic mass is 32.2. The van der Waals surface area contributed by atoms with Crippen LogP contribution in [-0.2, 0) is 22.9 Å². The van der Waals surface area contributed by atoms with E-state index in [1.54, 1.807) is 0 Å². The van der Waals surface area contributed by atoms with Crippen molar-refractivity contribution in [2.24, 2.45) is 0 Å². The minimum atomic E-state index is -4.41. The van der Waals surface area contributed by atoms with Crippen molar-refractivity contribution in [1.82, 2.24) is 9.03 Å².